The van der Waals surface area contributed by atoms with Gasteiger partial charge in [-0.2, -0.15) is 5.10 Å². The highest BCUT2D eigenvalue weighted by Crippen LogP contribution is 2.15. The Balaban J connectivity index is 1.31. The van der Waals surface area contributed by atoms with Crippen molar-refractivity contribution in [2.75, 3.05) is 46.4 Å². The fourth-order valence-electron chi connectivity index (χ4n) is 3.31. The number of nitrogens with one attached hydrogen (secondary N) is 1. The molecule has 10 heteroatoms. The van der Waals surface area contributed by atoms with Crippen molar-refractivity contribution in [3.8, 4) is 5.75 Å². The number of amides is 1. The Hall–Kier alpha value is -3.24. The lowest BCUT2D eigenvalue weighted by Crippen LogP contribution is -2.44. The number of hydrogen-bond acceptors (Lipinski definition) is 8. The van der Waals surface area contributed by atoms with Crippen LogP contribution in [-0.2, 0) is 0 Å². The predicted molar refractivity (Wildman–Crippen MR) is 120 cm³/mol. The van der Waals surface area contributed by atoms with Gasteiger partial charge in [-0.1, -0.05) is 0 Å². The number of unbranched alkanes of at least 4 members (excludes halogenated alkanes) is 2. The number of carbonyl (C=O) groups is 1. The number of nitrogens with zero attached hydrogens (tertiary/aromatic N) is 4. The molecule has 10 nitrogen and oxygen atoms in total. The molecule has 0 radical (unpaired) electrons. The van der Waals surface area contributed by atoms with Gasteiger partial charge in [-0.05, 0) is 63.2 Å². The van der Waals surface area contributed by atoms with Crippen molar-refractivity contribution in [1.29, 1.82) is 0 Å². The van der Waals surface area contributed by atoms with Gasteiger partial charge < -0.3 is 19.0 Å². The highest BCUT2D eigenvalue weighted by molar-refractivity contribution is 5.94. The lowest BCUT2D eigenvalue weighted by molar-refractivity contribution is -0.402. The van der Waals surface area contributed by atoms with Gasteiger partial charge in [0.15, 0.2) is 5.76 Å². The summed E-state index contributed by atoms with van der Waals surface area (Å²) in [6, 6.07) is 9.43. The van der Waals surface area contributed by atoms with Gasteiger partial charge in [0, 0.05) is 31.7 Å². The summed E-state index contributed by atoms with van der Waals surface area (Å²) in [5.41, 5.74) is 2.78. The maximum atomic E-state index is 12.1. The Morgan fingerprint density at radius 3 is 2.59 bits per heavy atom. The Kier molecular flexibility index (Phi) is 8.76. The van der Waals surface area contributed by atoms with Crippen LogP contribution in [-0.4, -0.2) is 73.2 Å². The van der Waals surface area contributed by atoms with Crippen molar-refractivity contribution in [3.05, 3.63) is 57.8 Å². The van der Waals surface area contributed by atoms with E-state index in [0.717, 1.165) is 45.6 Å². The number of hydrogen-bond donors (Lipinski definition) is 1. The first-order valence-electron chi connectivity index (χ1n) is 10.7. The maximum Gasteiger partial charge on any atom is 0.433 e. The number of ether oxygens (including phenoxy) is 1. The van der Waals surface area contributed by atoms with E-state index in [-0.39, 0.29) is 11.6 Å². The van der Waals surface area contributed by atoms with Gasteiger partial charge in [0.25, 0.3) is 5.91 Å². The molecular formula is C22H29N5O5. The first-order chi connectivity index (χ1) is 15.5. The summed E-state index contributed by atoms with van der Waals surface area (Å²) in [5, 5.41) is 14.3. The Bertz CT molecular complexity index is 904. The second kappa shape index (κ2) is 12.0. The molecule has 0 unspecified atom stereocenters. The van der Waals surface area contributed by atoms with E-state index in [9.17, 15) is 14.9 Å². The van der Waals surface area contributed by atoms with Crippen LogP contribution in [0.25, 0.3) is 0 Å². The highest BCUT2D eigenvalue weighted by atomic mass is 16.6. The second-order valence-corrected chi connectivity index (χ2v) is 7.71. The summed E-state index contributed by atoms with van der Waals surface area (Å²) in [4.78, 5) is 26.9. The molecule has 1 aromatic carbocycles. The molecule has 0 bridgehead atoms. The van der Waals surface area contributed by atoms with E-state index in [2.05, 4.69) is 27.4 Å². The normalized spacial score (nSPS) is 15.2. The Morgan fingerprint density at radius 2 is 1.91 bits per heavy atom. The minimum atomic E-state index is -0.645. The minimum Gasteiger partial charge on any atom is -0.494 e. The van der Waals surface area contributed by atoms with Crippen LogP contribution in [0.2, 0.25) is 0 Å². The third kappa shape index (κ3) is 7.47. The zero-order chi connectivity index (χ0) is 22.8. The topological polar surface area (TPSA) is 113 Å². The molecule has 0 aliphatic carbocycles. The van der Waals surface area contributed by atoms with Crippen molar-refractivity contribution in [2.24, 2.45) is 5.10 Å². The van der Waals surface area contributed by atoms with Crippen molar-refractivity contribution >= 4 is 18.0 Å². The molecule has 1 amide bonds. The van der Waals surface area contributed by atoms with E-state index in [1.807, 2.05) is 0 Å². The van der Waals surface area contributed by atoms with Gasteiger partial charge in [0.1, 0.15) is 10.7 Å². The Labute approximate surface area is 187 Å². The molecule has 1 saturated heterocycles. The van der Waals surface area contributed by atoms with Crippen LogP contribution in [0.4, 0.5) is 5.88 Å². The zero-order valence-electron chi connectivity index (χ0n) is 18.2. The fourth-order valence-corrected chi connectivity index (χ4v) is 3.31. The van der Waals surface area contributed by atoms with Gasteiger partial charge >= 0.3 is 5.88 Å². The van der Waals surface area contributed by atoms with Crippen molar-refractivity contribution in [2.45, 2.75) is 19.3 Å². The van der Waals surface area contributed by atoms with E-state index in [0.29, 0.717) is 17.9 Å². The summed E-state index contributed by atoms with van der Waals surface area (Å²) in [7, 11) is 2.17. The molecule has 0 saturated carbocycles. The number of rotatable bonds is 11. The monoisotopic (exact) mass is 443 g/mol. The van der Waals surface area contributed by atoms with Gasteiger partial charge in [-0.15, -0.1) is 0 Å². The lowest BCUT2D eigenvalue weighted by Gasteiger charge is -2.32. The molecule has 1 aromatic heterocycles. The number of furan rings is 1. The molecule has 172 valence electrons. The van der Waals surface area contributed by atoms with Crippen LogP contribution < -0.4 is 10.2 Å². The number of carbonyl (C=O) groups excluding carboxylic acids is 1. The smallest absolute Gasteiger partial charge is 0.433 e. The Morgan fingerprint density at radius 1 is 1.16 bits per heavy atom. The highest BCUT2D eigenvalue weighted by Gasteiger charge is 2.13. The largest absolute Gasteiger partial charge is 0.494 e. The average molecular weight is 444 g/mol. The maximum absolute atomic E-state index is 12.1. The van der Waals surface area contributed by atoms with Crippen LogP contribution in [0.15, 0.2) is 45.9 Å². The van der Waals surface area contributed by atoms with Crippen LogP contribution in [0.1, 0.15) is 35.4 Å². The number of nitro groups is 1. The number of benzene rings is 1. The number of likely N-dealkylation sites (N-methyl/N-ethyl adjacent to an activating group) is 1. The fraction of sp³-hybridized carbons (Fsp3) is 0.455. The van der Waals surface area contributed by atoms with E-state index >= 15 is 0 Å². The third-order valence-electron chi connectivity index (χ3n) is 5.25. The van der Waals surface area contributed by atoms with Crippen molar-refractivity contribution in [1.82, 2.24) is 15.2 Å². The second-order valence-electron chi connectivity index (χ2n) is 7.71. The van der Waals surface area contributed by atoms with Gasteiger partial charge in [0.05, 0.1) is 18.9 Å². The van der Waals surface area contributed by atoms with Crippen LogP contribution in [0.3, 0.4) is 0 Å². The van der Waals surface area contributed by atoms with E-state index in [1.54, 1.807) is 24.3 Å². The first kappa shape index (κ1) is 23.4. The molecule has 1 fully saturated rings. The summed E-state index contributed by atoms with van der Waals surface area (Å²) in [5.74, 6) is 0.0949. The molecule has 32 heavy (non-hydrogen) atoms. The molecule has 1 aliphatic heterocycles. The third-order valence-corrected chi connectivity index (χ3v) is 5.25. The van der Waals surface area contributed by atoms with Crippen LogP contribution >= 0.6 is 0 Å². The first-order valence-corrected chi connectivity index (χ1v) is 10.7. The van der Waals surface area contributed by atoms with Crippen LogP contribution in [0.5, 0.6) is 5.75 Å². The summed E-state index contributed by atoms with van der Waals surface area (Å²) >= 11 is 0. The molecule has 0 atom stereocenters. The average Bonchev–Trinajstić information content (AvgIpc) is 3.27. The molecule has 1 aliphatic rings. The number of hydrazone groups is 1. The molecule has 2 heterocycles. The van der Waals surface area contributed by atoms with Gasteiger partial charge in [-0.3, -0.25) is 14.9 Å². The molecule has 2 aromatic rings. The van der Waals surface area contributed by atoms with Gasteiger partial charge in [0.2, 0.25) is 0 Å². The SMILES string of the molecule is CN1CCN(CCCCCOc2ccc(C(=O)N/N=C/c3ccc([N+](=O)[O-])o3)cc2)CC1. The van der Waals surface area contributed by atoms with E-state index < -0.39 is 10.8 Å². The zero-order valence-corrected chi connectivity index (χ0v) is 18.2. The summed E-state index contributed by atoms with van der Waals surface area (Å²) in [6.07, 6.45) is 4.50. The van der Waals surface area contributed by atoms with Crippen molar-refractivity contribution < 1.29 is 18.9 Å². The van der Waals surface area contributed by atoms with E-state index in [1.165, 1.54) is 24.8 Å². The molecule has 1 N–H and O–H groups in total. The van der Waals surface area contributed by atoms with Crippen molar-refractivity contribution in [3.63, 3.8) is 0 Å². The standard InChI is InChI=1S/C22H29N5O5/c1-25-12-14-26(15-13-25)11-3-2-4-16-31-19-7-5-18(6-8-19)22(28)24-23-17-20-9-10-21(32-20)27(29)30/h5-10,17H,2-4,11-16H2,1H3,(H,24,28)/b23-17+. The summed E-state index contributed by atoms with van der Waals surface area (Å²) < 4.78 is 10.7. The summed E-state index contributed by atoms with van der Waals surface area (Å²) in [6.45, 7) is 6.41. The quantitative estimate of drug-likeness (QED) is 0.246. The molecular weight excluding hydrogens is 414 g/mol. The predicted octanol–water partition coefficient (Wildman–Crippen LogP) is 2.75. The van der Waals surface area contributed by atoms with E-state index in [4.69, 9.17) is 9.15 Å². The van der Waals surface area contributed by atoms with Crippen LogP contribution in [0, 0.1) is 10.1 Å². The molecule has 3 rings (SSSR count). The lowest BCUT2D eigenvalue weighted by atomic mass is 10.2. The van der Waals surface area contributed by atoms with Gasteiger partial charge in [-0.25, -0.2) is 5.43 Å². The number of piperazine rings is 1. The molecule has 0 spiro atoms. The minimum absolute atomic E-state index is 0.171.